The smallest absolute Gasteiger partial charge is 0.174 e. The molecular weight excluding hydrogens is 493 g/mol. The third-order valence-electron chi connectivity index (χ3n) is 5.34. The van der Waals surface area contributed by atoms with Crippen molar-refractivity contribution in [2.75, 3.05) is 4.90 Å². The van der Waals surface area contributed by atoms with Crippen LogP contribution in [0.1, 0.15) is 23.5 Å². The van der Waals surface area contributed by atoms with E-state index in [2.05, 4.69) is 26.2 Å². The predicted octanol–water partition coefficient (Wildman–Crippen LogP) is 6.13. The molecule has 0 amide bonds. The average Bonchev–Trinajstić information content (AvgIpc) is 3.39. The maximum absolute atomic E-state index is 13.5. The zero-order chi connectivity index (χ0) is 22.2. The molecule has 1 aliphatic heterocycles. The number of anilines is 1. The van der Waals surface area contributed by atoms with Crippen LogP contribution in [0.5, 0.6) is 5.75 Å². The highest BCUT2D eigenvalue weighted by atomic mass is 79.9. The van der Waals surface area contributed by atoms with Crippen molar-refractivity contribution < 1.29 is 13.9 Å². The molecule has 8 heteroatoms. The zero-order valence-electron chi connectivity index (χ0n) is 16.6. The van der Waals surface area contributed by atoms with Crippen molar-refractivity contribution in [2.24, 2.45) is 0 Å². The van der Waals surface area contributed by atoms with E-state index in [9.17, 15) is 9.50 Å². The predicted molar refractivity (Wildman–Crippen MR) is 128 cm³/mol. The summed E-state index contributed by atoms with van der Waals surface area (Å²) in [5.41, 5.74) is 2.38. The number of nitrogens with one attached hydrogen (secondary N) is 1. The number of benzene rings is 2. The Labute approximate surface area is 197 Å². The molecule has 0 bridgehead atoms. The summed E-state index contributed by atoms with van der Waals surface area (Å²) in [4.78, 5) is 6.48. The number of furan rings is 1. The fourth-order valence-electron chi connectivity index (χ4n) is 3.88. The topological polar surface area (TPSA) is 61.5 Å². The molecule has 1 saturated heterocycles. The highest BCUT2D eigenvalue weighted by Crippen LogP contribution is 2.43. The van der Waals surface area contributed by atoms with E-state index < -0.39 is 0 Å². The van der Waals surface area contributed by atoms with E-state index in [4.69, 9.17) is 16.6 Å². The van der Waals surface area contributed by atoms with Gasteiger partial charge in [0.25, 0.3) is 0 Å². The Kier molecular flexibility index (Phi) is 5.40. The van der Waals surface area contributed by atoms with Crippen molar-refractivity contribution in [3.05, 3.63) is 101 Å². The summed E-state index contributed by atoms with van der Waals surface area (Å²) >= 11 is 9.09. The minimum absolute atomic E-state index is 0.172. The Morgan fingerprint density at radius 3 is 2.59 bits per heavy atom. The number of phenolic OH excluding ortho intramolecular Hbond substituents is 1. The van der Waals surface area contributed by atoms with Gasteiger partial charge in [0.2, 0.25) is 0 Å². The molecule has 5 rings (SSSR count). The first-order valence-corrected chi connectivity index (χ1v) is 11.1. The number of nitrogens with zero attached hydrogens (tertiary/aromatic N) is 2. The number of aromatic nitrogens is 1. The van der Waals surface area contributed by atoms with Gasteiger partial charge in [-0.2, -0.15) is 0 Å². The van der Waals surface area contributed by atoms with Crippen LogP contribution in [0.15, 0.2) is 87.9 Å². The lowest BCUT2D eigenvalue weighted by molar-refractivity contribution is 0.439. The van der Waals surface area contributed by atoms with Gasteiger partial charge in [-0.3, -0.25) is 4.98 Å². The molecule has 0 spiro atoms. The van der Waals surface area contributed by atoms with Gasteiger partial charge in [-0.15, -0.1) is 0 Å². The van der Waals surface area contributed by atoms with E-state index in [1.54, 1.807) is 36.5 Å². The Morgan fingerprint density at radius 2 is 1.88 bits per heavy atom. The van der Waals surface area contributed by atoms with Crippen LogP contribution in [0.4, 0.5) is 10.1 Å². The first-order valence-electron chi connectivity index (χ1n) is 9.86. The molecule has 32 heavy (non-hydrogen) atoms. The standard InChI is InChI=1S/C24H17BrFN3O2S/c25-18-13-14(26)4-9-17(18)20-10-11-21(31-20)23-22(19-3-1-2-12-27-19)28-24(32)29(23)15-5-7-16(30)8-6-15/h1-13,22-23,30H,(H,28,32)/t22-,23+/m0/s1. The molecule has 0 unspecified atom stereocenters. The van der Waals surface area contributed by atoms with Crippen LogP contribution in [0.25, 0.3) is 11.3 Å². The number of hydrogen-bond donors (Lipinski definition) is 2. The minimum atomic E-state index is -0.327. The van der Waals surface area contributed by atoms with Gasteiger partial charge >= 0.3 is 0 Å². The number of rotatable bonds is 4. The quantitative estimate of drug-likeness (QED) is 0.323. The number of halogens is 2. The normalized spacial score (nSPS) is 18.1. The summed E-state index contributed by atoms with van der Waals surface area (Å²) in [5, 5.41) is 13.6. The van der Waals surface area contributed by atoms with Gasteiger partial charge in [0.05, 0.1) is 11.7 Å². The lowest BCUT2D eigenvalue weighted by Gasteiger charge is -2.26. The van der Waals surface area contributed by atoms with Crippen LogP contribution in [0.2, 0.25) is 0 Å². The van der Waals surface area contributed by atoms with Crippen molar-refractivity contribution >= 4 is 38.9 Å². The number of hydrogen-bond acceptors (Lipinski definition) is 4. The van der Waals surface area contributed by atoms with E-state index in [-0.39, 0.29) is 23.7 Å². The van der Waals surface area contributed by atoms with Crippen LogP contribution in [-0.2, 0) is 0 Å². The fraction of sp³-hybridized carbons (Fsp3) is 0.0833. The molecule has 2 N–H and O–H groups in total. The Hall–Kier alpha value is -3.23. The Balaban J connectivity index is 1.60. The average molecular weight is 510 g/mol. The van der Waals surface area contributed by atoms with Crippen molar-refractivity contribution in [2.45, 2.75) is 12.1 Å². The summed E-state index contributed by atoms with van der Waals surface area (Å²) in [6.07, 6.45) is 1.74. The van der Waals surface area contributed by atoms with Gasteiger partial charge in [-0.1, -0.05) is 6.07 Å². The summed E-state index contributed by atoms with van der Waals surface area (Å²) in [5.74, 6) is 1.12. The second-order valence-corrected chi connectivity index (χ2v) is 8.58. The van der Waals surface area contributed by atoms with Crippen LogP contribution < -0.4 is 10.2 Å². The van der Waals surface area contributed by atoms with E-state index >= 15 is 0 Å². The monoisotopic (exact) mass is 509 g/mol. The van der Waals surface area contributed by atoms with E-state index in [0.29, 0.717) is 21.1 Å². The van der Waals surface area contributed by atoms with Crippen LogP contribution in [0.3, 0.4) is 0 Å². The minimum Gasteiger partial charge on any atom is -0.508 e. The first kappa shape index (κ1) is 20.7. The van der Waals surface area contributed by atoms with Crippen LogP contribution >= 0.6 is 28.1 Å². The van der Waals surface area contributed by atoms with Gasteiger partial charge < -0.3 is 19.7 Å². The van der Waals surface area contributed by atoms with Gasteiger partial charge in [-0.05, 0) is 94.9 Å². The van der Waals surface area contributed by atoms with Crippen LogP contribution in [0, 0.1) is 5.82 Å². The van der Waals surface area contributed by atoms with Crippen molar-refractivity contribution in [3.8, 4) is 17.1 Å². The molecule has 160 valence electrons. The second-order valence-electron chi connectivity index (χ2n) is 7.34. The molecule has 4 aromatic rings. The summed E-state index contributed by atoms with van der Waals surface area (Å²) in [6.45, 7) is 0. The summed E-state index contributed by atoms with van der Waals surface area (Å²) in [7, 11) is 0. The van der Waals surface area contributed by atoms with Crippen molar-refractivity contribution in [1.29, 1.82) is 0 Å². The molecule has 2 aromatic carbocycles. The number of aromatic hydroxyl groups is 1. The highest BCUT2D eigenvalue weighted by molar-refractivity contribution is 9.10. The first-order chi connectivity index (χ1) is 15.5. The van der Waals surface area contributed by atoms with Gasteiger partial charge in [0, 0.05) is 21.9 Å². The maximum Gasteiger partial charge on any atom is 0.174 e. The zero-order valence-corrected chi connectivity index (χ0v) is 19.0. The van der Waals surface area contributed by atoms with Crippen LogP contribution in [-0.4, -0.2) is 15.2 Å². The molecule has 3 heterocycles. The van der Waals surface area contributed by atoms with E-state index in [1.807, 2.05) is 35.2 Å². The molecule has 0 saturated carbocycles. The van der Waals surface area contributed by atoms with Gasteiger partial charge in [0.1, 0.15) is 29.1 Å². The van der Waals surface area contributed by atoms with Crippen molar-refractivity contribution in [3.63, 3.8) is 0 Å². The third kappa shape index (κ3) is 3.76. The molecule has 2 aromatic heterocycles. The summed E-state index contributed by atoms with van der Waals surface area (Å²) < 4.78 is 20.4. The van der Waals surface area contributed by atoms with Gasteiger partial charge in [0.15, 0.2) is 5.11 Å². The molecule has 1 fully saturated rings. The maximum atomic E-state index is 13.5. The molecule has 1 aliphatic rings. The lowest BCUT2D eigenvalue weighted by Crippen LogP contribution is -2.29. The lowest BCUT2D eigenvalue weighted by atomic mass is 10.0. The number of pyridine rings is 1. The van der Waals surface area contributed by atoms with E-state index in [1.165, 1.54) is 12.1 Å². The third-order valence-corrected chi connectivity index (χ3v) is 6.31. The van der Waals surface area contributed by atoms with Gasteiger partial charge in [-0.25, -0.2) is 4.39 Å². The largest absolute Gasteiger partial charge is 0.508 e. The molecule has 0 aliphatic carbocycles. The van der Waals surface area contributed by atoms with Crippen molar-refractivity contribution in [1.82, 2.24) is 10.3 Å². The number of thiocarbonyl (C=S) groups is 1. The molecule has 5 nitrogen and oxygen atoms in total. The highest BCUT2D eigenvalue weighted by Gasteiger charge is 2.42. The summed E-state index contributed by atoms with van der Waals surface area (Å²) in [6, 6.07) is 20.2. The Morgan fingerprint density at radius 1 is 1.06 bits per heavy atom. The number of phenols is 1. The SMILES string of the molecule is Oc1ccc(N2C(=S)N[C@@H](c3ccccn3)[C@H]2c2ccc(-c3ccc(F)cc3Br)o2)cc1. The molecule has 0 radical (unpaired) electrons. The Bertz CT molecular complexity index is 1280. The fourth-order valence-corrected chi connectivity index (χ4v) is 4.77. The second kappa shape index (κ2) is 8.37. The molecule has 2 atom stereocenters. The molecular formula is C24H17BrFN3O2S. The van der Waals surface area contributed by atoms with E-state index in [0.717, 1.165) is 16.9 Å².